The molecule has 4 bridgehead atoms. The first-order valence-electron chi connectivity index (χ1n) is 43.6. The molecule has 3 aromatic heterocycles. The highest BCUT2D eigenvalue weighted by Gasteiger charge is 2.86. The van der Waals surface area contributed by atoms with Gasteiger partial charge in [-0.15, -0.1) is 0 Å². The van der Waals surface area contributed by atoms with E-state index in [0.717, 1.165) is 108 Å². The van der Waals surface area contributed by atoms with Crippen molar-refractivity contribution >= 4 is 134 Å². The van der Waals surface area contributed by atoms with Crippen LogP contribution in [-0.2, 0) is 39.9 Å². The van der Waals surface area contributed by atoms with Gasteiger partial charge in [0.1, 0.15) is 29.3 Å². The third-order valence-corrected chi connectivity index (χ3v) is 30.0. The van der Waals surface area contributed by atoms with Crippen molar-refractivity contribution in [1.29, 1.82) is 0 Å². The molecule has 0 aliphatic heterocycles. The highest BCUT2D eigenvalue weighted by Crippen LogP contribution is 2.61. The van der Waals surface area contributed by atoms with Crippen LogP contribution < -0.4 is 12.5 Å². The zero-order valence-electron chi connectivity index (χ0n) is 72.4. The second kappa shape index (κ2) is 34.7. The van der Waals surface area contributed by atoms with Gasteiger partial charge in [-0.2, -0.15) is 64.8 Å². The number of benzene rings is 16. The summed E-state index contributed by atoms with van der Waals surface area (Å²) in [4.78, 5) is 26.3. The minimum atomic E-state index is -7.46. The Kier molecular flexibility index (Phi) is 23.0. The Hall–Kier alpha value is -14.8. The molecule has 139 heavy (non-hydrogen) atoms. The highest BCUT2D eigenvalue weighted by atomic mass is 32.2. The summed E-state index contributed by atoms with van der Waals surface area (Å²) in [5.41, 5.74) is 5.60. The van der Waals surface area contributed by atoms with Gasteiger partial charge in [-0.1, -0.05) is 237 Å². The molecular formula is C105H72F14N6O11S3. The number of para-hydroxylation sites is 6. The summed E-state index contributed by atoms with van der Waals surface area (Å²) in [7, 11) is -17.0. The number of halogens is 14. The molecule has 4 aliphatic rings. The maximum Gasteiger partial charge on any atom is 0.460 e. The van der Waals surface area contributed by atoms with Crippen LogP contribution in [0.5, 0.6) is 17.2 Å². The van der Waals surface area contributed by atoms with Crippen molar-refractivity contribution in [2.75, 3.05) is 6.61 Å². The number of esters is 1. The van der Waals surface area contributed by atoms with E-state index in [2.05, 4.69) is 33.0 Å². The van der Waals surface area contributed by atoms with Crippen LogP contribution in [0, 0.1) is 52.3 Å². The number of imidazole rings is 3. The largest absolute Gasteiger partial charge is 0.464 e. The molecule has 4 saturated carbocycles. The monoisotopic (exact) mass is 1950 g/mol. The number of ether oxygens (including phenoxy) is 1. The Labute approximate surface area is 782 Å². The Balaban J connectivity index is 0.000000129. The van der Waals surface area contributed by atoms with Gasteiger partial charge in [0.15, 0.2) is 45.4 Å². The summed E-state index contributed by atoms with van der Waals surface area (Å²) < 4.78 is 299. The van der Waals surface area contributed by atoms with Gasteiger partial charge in [0.05, 0.1) is 55.2 Å². The van der Waals surface area contributed by atoms with E-state index in [1.807, 2.05) is 158 Å². The maximum absolute atomic E-state index is 14.6. The molecule has 19 aromatic rings. The second-order valence-electron chi connectivity index (χ2n) is 34.5. The Morgan fingerprint density at radius 1 is 0.353 bits per heavy atom. The third-order valence-electron chi connectivity index (χ3n) is 25.9. The van der Waals surface area contributed by atoms with E-state index in [4.69, 9.17) is 28.1 Å². The van der Waals surface area contributed by atoms with E-state index in [1.165, 1.54) is 48.1 Å². The summed E-state index contributed by atoms with van der Waals surface area (Å²) in [6, 6.07) is 90.5. The zero-order valence-corrected chi connectivity index (χ0v) is 74.8. The fourth-order valence-corrected chi connectivity index (χ4v) is 22.8. The molecular weight excluding hydrogens is 1880 g/mol. The summed E-state index contributed by atoms with van der Waals surface area (Å²) in [6.45, 7) is 1.30. The molecule has 17 nitrogen and oxygen atoms in total. The number of hydrogen-bond donors (Lipinski definition) is 0. The molecule has 23 rings (SSSR count). The minimum Gasteiger partial charge on any atom is -0.464 e. The summed E-state index contributed by atoms with van der Waals surface area (Å²) >= 11 is 0. The summed E-state index contributed by atoms with van der Waals surface area (Å²) in [6.07, 6.45) is -0.958. The Bertz CT molecular complexity index is 8510. The average molecular weight is 1960 g/mol. The molecule has 1 unspecified atom stereocenters. The van der Waals surface area contributed by atoms with Crippen molar-refractivity contribution in [3.8, 4) is 68.5 Å². The van der Waals surface area contributed by atoms with Gasteiger partial charge in [0.25, 0.3) is 0 Å². The van der Waals surface area contributed by atoms with Gasteiger partial charge in [-0.05, 0) is 168 Å². The lowest BCUT2D eigenvalue weighted by Crippen LogP contribution is -2.63. The van der Waals surface area contributed by atoms with Crippen molar-refractivity contribution in [1.82, 2.24) is 28.7 Å². The smallest absolute Gasteiger partial charge is 0.460 e. The van der Waals surface area contributed by atoms with E-state index >= 15 is 0 Å². The average Bonchev–Trinajstić information content (AvgIpc) is 1.61. The van der Waals surface area contributed by atoms with Crippen LogP contribution >= 0.6 is 0 Å². The normalized spacial score (nSPS) is 16.6. The quantitative estimate of drug-likeness (QED) is 0.0174. The molecule has 4 aliphatic carbocycles. The number of aromatic nitrogens is 6. The SMILES string of the molecule is CC(COC(=O)C12CC3CC(CC(C3)C1)C2)S(=O)(=O)Oc1ccccc1-c1nc2c3ccccc3c3ccccc3c2n1-c1ccccc1.O=S(=O)(Oc1ccccc1-c1nc2c3ccccc3c3ccccc3c2n1-c1ccccc1)C(F)(F)C(F)(F)C(F)(F)C(F)(F)F.O=S(=O)(Oc1ccccc1-c1nc2c3ccccc3c3ccccc3c2n1-c1ccccc1)c1c(F)c(F)c(F)c(F)c1F. The molecule has 0 saturated heterocycles. The van der Waals surface area contributed by atoms with Gasteiger partial charge in [-0.25, -0.2) is 36.9 Å². The molecule has 1 atom stereocenters. The molecule has 34 heteroatoms. The van der Waals surface area contributed by atoms with Gasteiger partial charge in [0, 0.05) is 49.4 Å². The lowest BCUT2D eigenvalue weighted by molar-refractivity contribution is -0.382. The number of carbonyl (C=O) groups is 1. The number of carbonyl (C=O) groups excluding carboxylic acids is 1. The molecule has 0 radical (unpaired) electrons. The van der Waals surface area contributed by atoms with Crippen LogP contribution in [0.3, 0.4) is 0 Å². The Morgan fingerprint density at radius 3 is 0.957 bits per heavy atom. The molecule has 0 N–H and O–H groups in total. The molecule has 4 fully saturated rings. The van der Waals surface area contributed by atoms with Crippen molar-refractivity contribution < 1.29 is 109 Å². The standard InChI is InChI=1S/C41H38N2O5S.C33H17F5N2O3S.C31H17F9N2O3S/c1-26(25-47-40(44)41-22-27-19-28(23-41)21-29(20-27)24-41)49(45,46)48-36-18-10-9-17-35(36)39-42-37-33-15-7-5-13-31(33)32-14-6-8-16-34(32)38(37)43(39)30-11-3-2-4-12-30;34-25-26(35)28(37)32(29(38)27(25)36)44(41,42)43-24-17-9-8-16-23(24)33-39-30-21-14-6-4-12-19(21)20-13-5-7-15-22(20)31(30)40(33)18-10-2-1-3-11-18;32-28(33,30(36,37)38)29(34,35)31(39,40)46(43,44)45-24-17-9-8-16-23(24)27-41-25-21-14-6-4-12-19(21)20-13-5-7-15-22(20)26(25)42(27)18-10-2-1-3-11-18/h2-18,26-29H,19-25H2,1H3;1-17H;1-17H. The zero-order chi connectivity index (χ0) is 97.4. The van der Waals surface area contributed by atoms with Gasteiger partial charge >= 0.3 is 59.6 Å². The van der Waals surface area contributed by atoms with Crippen molar-refractivity contribution in [2.45, 2.75) is 78.9 Å². The van der Waals surface area contributed by atoms with E-state index in [9.17, 15) is 91.5 Å². The second-order valence-corrected chi connectivity index (χ2v) is 39.5. The molecule has 0 amide bonds. The summed E-state index contributed by atoms with van der Waals surface area (Å²) in [5.74, 6) is -26.5. The van der Waals surface area contributed by atoms with E-state index < -0.39 is 110 Å². The number of fused-ring (bicyclic) bond motifs is 18. The third kappa shape index (κ3) is 15.6. The first-order valence-corrected chi connectivity index (χ1v) is 47.9. The lowest BCUT2D eigenvalue weighted by atomic mass is 9.49. The van der Waals surface area contributed by atoms with Gasteiger partial charge in [0.2, 0.25) is 5.82 Å². The maximum atomic E-state index is 14.6. The van der Waals surface area contributed by atoms with Crippen LogP contribution in [0.15, 0.2) is 314 Å². The first-order chi connectivity index (χ1) is 66.5. The van der Waals surface area contributed by atoms with Gasteiger partial charge in [-0.3, -0.25) is 18.5 Å². The van der Waals surface area contributed by atoms with Crippen molar-refractivity contribution in [3.63, 3.8) is 0 Å². The van der Waals surface area contributed by atoms with Crippen LogP contribution in [0.1, 0.15) is 45.4 Å². The molecule has 704 valence electrons. The van der Waals surface area contributed by atoms with Crippen LogP contribution in [0.25, 0.3) is 149 Å². The molecule has 3 heterocycles. The van der Waals surface area contributed by atoms with E-state index in [0.29, 0.717) is 73.4 Å². The van der Waals surface area contributed by atoms with Crippen LogP contribution in [0.4, 0.5) is 61.5 Å². The summed E-state index contributed by atoms with van der Waals surface area (Å²) in [5, 5.41) is 2.52. The van der Waals surface area contributed by atoms with Crippen molar-refractivity contribution in [2.24, 2.45) is 23.2 Å². The van der Waals surface area contributed by atoms with Crippen LogP contribution in [0.2, 0.25) is 0 Å². The number of alkyl halides is 9. The predicted molar refractivity (Wildman–Crippen MR) is 500 cm³/mol. The molecule has 16 aromatic carbocycles. The fraction of sp³-hybridized carbons (Fsp3) is 0.162. The lowest BCUT2D eigenvalue weighted by Gasteiger charge is -2.55. The number of nitrogens with zero attached hydrogens (tertiary/aromatic N) is 6. The number of rotatable bonds is 20. The molecule has 0 spiro atoms. The number of hydrogen-bond acceptors (Lipinski definition) is 14. The van der Waals surface area contributed by atoms with Crippen LogP contribution in [-0.4, -0.2) is 95.0 Å². The van der Waals surface area contributed by atoms with E-state index in [-0.39, 0.29) is 41.1 Å². The van der Waals surface area contributed by atoms with E-state index in [1.54, 1.807) is 96.4 Å². The minimum absolute atomic E-state index is 0.0770. The van der Waals surface area contributed by atoms with Crippen molar-refractivity contribution in [3.05, 3.63) is 338 Å². The first kappa shape index (κ1) is 92.0. The van der Waals surface area contributed by atoms with Gasteiger partial charge < -0.3 is 17.3 Å². The highest BCUT2D eigenvalue weighted by molar-refractivity contribution is 7.88. The predicted octanol–water partition coefficient (Wildman–Crippen LogP) is 26.5. The Morgan fingerprint density at radius 2 is 0.626 bits per heavy atom. The topological polar surface area (TPSA) is 210 Å². The fourth-order valence-electron chi connectivity index (χ4n) is 20.0.